The molecule has 1 aromatic carbocycles. The first kappa shape index (κ1) is 14.4. The number of phenolic OH excluding ortho intramolecular Hbond substituents is 1. The van der Waals surface area contributed by atoms with Crippen molar-refractivity contribution in [3.8, 4) is 5.75 Å². The minimum absolute atomic E-state index is 0.364. The number of rotatable bonds is 4. The third-order valence-corrected chi connectivity index (χ3v) is 4.46. The molecule has 0 amide bonds. The lowest BCUT2D eigenvalue weighted by atomic mass is 10.1. The highest BCUT2D eigenvalue weighted by molar-refractivity contribution is 5.29. The fraction of sp³-hybridized carbons (Fsp3) is 0.625. The molecule has 0 bridgehead atoms. The molecule has 1 heterocycles. The van der Waals surface area contributed by atoms with Crippen molar-refractivity contribution in [2.75, 3.05) is 26.2 Å². The number of piperazine rings is 1. The number of hydrogen-bond donors (Lipinski definition) is 1. The van der Waals surface area contributed by atoms with Crippen molar-refractivity contribution in [2.45, 2.75) is 39.3 Å². The molecule has 0 aliphatic carbocycles. The van der Waals surface area contributed by atoms with Gasteiger partial charge >= 0.3 is 0 Å². The fourth-order valence-corrected chi connectivity index (χ4v) is 2.82. The molecule has 3 nitrogen and oxygen atoms in total. The first-order chi connectivity index (χ1) is 9.11. The molecule has 1 aliphatic heterocycles. The monoisotopic (exact) mass is 262 g/mol. The van der Waals surface area contributed by atoms with E-state index < -0.39 is 0 Å². The van der Waals surface area contributed by atoms with Crippen LogP contribution in [0.1, 0.15) is 38.8 Å². The van der Waals surface area contributed by atoms with Crippen molar-refractivity contribution in [3.63, 3.8) is 0 Å². The predicted molar refractivity (Wildman–Crippen MR) is 79.4 cm³/mol. The zero-order chi connectivity index (χ0) is 13.8. The zero-order valence-corrected chi connectivity index (χ0v) is 12.3. The van der Waals surface area contributed by atoms with E-state index in [9.17, 15) is 5.11 Å². The van der Waals surface area contributed by atoms with Gasteiger partial charge in [-0.3, -0.25) is 9.80 Å². The van der Waals surface area contributed by atoms with Gasteiger partial charge in [0.1, 0.15) is 5.75 Å². The van der Waals surface area contributed by atoms with Crippen molar-refractivity contribution in [1.29, 1.82) is 0 Å². The van der Waals surface area contributed by atoms with Gasteiger partial charge in [-0.25, -0.2) is 0 Å². The average Bonchev–Trinajstić information content (AvgIpc) is 2.46. The standard InChI is InChI=1S/C16H26N2O/c1-4-13(2)17-8-10-18(11-9-17)14(3)15-6-5-7-16(19)12-15/h5-7,12-14,19H,4,8-11H2,1-3H3. The molecule has 2 atom stereocenters. The van der Waals surface area contributed by atoms with Gasteiger partial charge < -0.3 is 5.11 Å². The summed E-state index contributed by atoms with van der Waals surface area (Å²) < 4.78 is 0. The minimum atomic E-state index is 0.364. The molecule has 1 saturated heterocycles. The maximum atomic E-state index is 9.58. The van der Waals surface area contributed by atoms with Crippen molar-refractivity contribution >= 4 is 0 Å². The molecular weight excluding hydrogens is 236 g/mol. The van der Waals surface area contributed by atoms with Crippen LogP contribution < -0.4 is 0 Å². The number of aromatic hydroxyl groups is 1. The third kappa shape index (κ3) is 3.48. The van der Waals surface area contributed by atoms with Gasteiger partial charge in [-0.2, -0.15) is 0 Å². The molecule has 3 heteroatoms. The highest BCUT2D eigenvalue weighted by Gasteiger charge is 2.23. The molecule has 0 spiro atoms. The largest absolute Gasteiger partial charge is 0.508 e. The lowest BCUT2D eigenvalue weighted by Gasteiger charge is -2.40. The van der Waals surface area contributed by atoms with Gasteiger partial charge in [-0.15, -0.1) is 0 Å². The van der Waals surface area contributed by atoms with Gasteiger partial charge in [-0.05, 0) is 38.0 Å². The van der Waals surface area contributed by atoms with E-state index in [1.54, 1.807) is 6.07 Å². The predicted octanol–water partition coefficient (Wildman–Crippen LogP) is 2.87. The van der Waals surface area contributed by atoms with Gasteiger partial charge in [0.2, 0.25) is 0 Å². The Kier molecular flexibility index (Phi) is 4.83. The smallest absolute Gasteiger partial charge is 0.115 e. The van der Waals surface area contributed by atoms with E-state index in [0.717, 1.165) is 26.2 Å². The molecule has 1 aromatic rings. The second-order valence-corrected chi connectivity index (χ2v) is 5.60. The molecule has 2 rings (SSSR count). The van der Waals surface area contributed by atoms with Crippen LogP contribution in [0.25, 0.3) is 0 Å². The second-order valence-electron chi connectivity index (χ2n) is 5.60. The maximum Gasteiger partial charge on any atom is 0.115 e. The Morgan fingerprint density at radius 3 is 2.32 bits per heavy atom. The molecule has 0 saturated carbocycles. The summed E-state index contributed by atoms with van der Waals surface area (Å²) in [4.78, 5) is 5.08. The highest BCUT2D eigenvalue weighted by Crippen LogP contribution is 2.24. The topological polar surface area (TPSA) is 26.7 Å². The Morgan fingerprint density at radius 2 is 1.74 bits per heavy atom. The first-order valence-corrected chi connectivity index (χ1v) is 7.39. The Balaban J connectivity index is 1.94. The number of phenols is 1. The molecule has 0 radical (unpaired) electrons. The van der Waals surface area contributed by atoms with Crippen LogP contribution in [0.3, 0.4) is 0 Å². The van der Waals surface area contributed by atoms with Gasteiger partial charge in [0.05, 0.1) is 0 Å². The van der Waals surface area contributed by atoms with Gasteiger partial charge in [-0.1, -0.05) is 19.1 Å². The van der Waals surface area contributed by atoms with Crippen LogP contribution in [0.15, 0.2) is 24.3 Å². The Labute approximate surface area is 116 Å². The van der Waals surface area contributed by atoms with Gasteiger partial charge in [0.15, 0.2) is 0 Å². The van der Waals surface area contributed by atoms with Crippen molar-refractivity contribution in [3.05, 3.63) is 29.8 Å². The normalized spacial score (nSPS) is 21.2. The SMILES string of the molecule is CCC(C)N1CCN(C(C)c2cccc(O)c2)CC1. The lowest BCUT2D eigenvalue weighted by molar-refractivity contribution is 0.0772. The molecule has 106 valence electrons. The van der Waals surface area contributed by atoms with E-state index in [2.05, 4.69) is 36.6 Å². The summed E-state index contributed by atoms with van der Waals surface area (Å²) in [6.45, 7) is 11.3. The second kappa shape index (κ2) is 6.40. The molecule has 2 unspecified atom stereocenters. The number of nitrogens with zero attached hydrogens (tertiary/aromatic N) is 2. The first-order valence-electron chi connectivity index (χ1n) is 7.39. The lowest BCUT2D eigenvalue weighted by Crippen LogP contribution is -2.49. The highest BCUT2D eigenvalue weighted by atomic mass is 16.3. The van der Waals surface area contributed by atoms with E-state index in [4.69, 9.17) is 0 Å². The summed E-state index contributed by atoms with van der Waals surface area (Å²) in [6, 6.07) is 8.72. The average molecular weight is 262 g/mol. The van der Waals surface area contributed by atoms with Crippen molar-refractivity contribution in [1.82, 2.24) is 9.80 Å². The van der Waals surface area contributed by atoms with E-state index >= 15 is 0 Å². The van der Waals surface area contributed by atoms with Crippen LogP contribution in [-0.2, 0) is 0 Å². The fourth-order valence-electron chi connectivity index (χ4n) is 2.82. The summed E-state index contributed by atoms with van der Waals surface area (Å²) in [5.74, 6) is 0.364. The van der Waals surface area contributed by atoms with Crippen LogP contribution in [0, 0.1) is 0 Å². The minimum Gasteiger partial charge on any atom is -0.508 e. The van der Waals surface area contributed by atoms with Crippen LogP contribution in [0.5, 0.6) is 5.75 Å². The Hall–Kier alpha value is -1.06. The number of hydrogen-bond acceptors (Lipinski definition) is 3. The molecule has 19 heavy (non-hydrogen) atoms. The van der Waals surface area contributed by atoms with Crippen LogP contribution >= 0.6 is 0 Å². The van der Waals surface area contributed by atoms with Gasteiger partial charge in [0.25, 0.3) is 0 Å². The Bertz CT molecular complexity index is 399. The van der Waals surface area contributed by atoms with E-state index in [1.165, 1.54) is 12.0 Å². The maximum absolute atomic E-state index is 9.58. The summed E-state index contributed by atoms with van der Waals surface area (Å²) in [5, 5.41) is 9.58. The molecule has 1 N–H and O–H groups in total. The molecule has 1 aliphatic rings. The summed E-state index contributed by atoms with van der Waals surface area (Å²) in [5.41, 5.74) is 1.21. The summed E-state index contributed by atoms with van der Waals surface area (Å²) in [6.07, 6.45) is 1.22. The molecule has 0 aromatic heterocycles. The van der Waals surface area contributed by atoms with E-state index in [1.807, 2.05) is 12.1 Å². The van der Waals surface area contributed by atoms with Gasteiger partial charge in [0, 0.05) is 38.3 Å². The van der Waals surface area contributed by atoms with Crippen molar-refractivity contribution < 1.29 is 5.11 Å². The van der Waals surface area contributed by atoms with Crippen LogP contribution in [-0.4, -0.2) is 47.1 Å². The summed E-state index contributed by atoms with van der Waals surface area (Å²) in [7, 11) is 0. The quantitative estimate of drug-likeness (QED) is 0.904. The van der Waals surface area contributed by atoms with E-state index in [-0.39, 0.29) is 0 Å². The van der Waals surface area contributed by atoms with Crippen LogP contribution in [0.4, 0.5) is 0 Å². The zero-order valence-electron chi connectivity index (χ0n) is 12.3. The van der Waals surface area contributed by atoms with E-state index in [0.29, 0.717) is 17.8 Å². The number of benzene rings is 1. The van der Waals surface area contributed by atoms with Crippen molar-refractivity contribution in [2.24, 2.45) is 0 Å². The molecular formula is C16H26N2O. The molecule has 1 fully saturated rings. The summed E-state index contributed by atoms with van der Waals surface area (Å²) >= 11 is 0. The third-order valence-electron chi connectivity index (χ3n) is 4.46. The Morgan fingerprint density at radius 1 is 1.11 bits per heavy atom. The van der Waals surface area contributed by atoms with Crippen LogP contribution in [0.2, 0.25) is 0 Å².